The third kappa shape index (κ3) is 3.45. The molecule has 0 saturated carbocycles. The van der Waals surface area contributed by atoms with Crippen LogP contribution in [0.15, 0.2) is 18.3 Å². The summed E-state index contributed by atoms with van der Waals surface area (Å²) in [4.78, 5) is 4.04. The summed E-state index contributed by atoms with van der Waals surface area (Å²) in [7, 11) is 0. The van der Waals surface area contributed by atoms with Gasteiger partial charge in [-0.15, -0.1) is 0 Å². The molecule has 0 amide bonds. The average molecular weight is 226 g/mol. The maximum Gasteiger partial charge on any atom is 0.129 e. The van der Waals surface area contributed by atoms with Crippen molar-refractivity contribution in [2.45, 2.75) is 25.4 Å². The summed E-state index contributed by atoms with van der Waals surface area (Å²) in [6.45, 7) is 3.06. The average Bonchev–Trinajstić information content (AvgIpc) is 2.74. The molecule has 0 aliphatic carbocycles. The van der Waals surface area contributed by atoms with Gasteiger partial charge in [-0.25, -0.2) is 4.98 Å². The summed E-state index contributed by atoms with van der Waals surface area (Å²) < 4.78 is 0. The summed E-state index contributed by atoms with van der Waals surface area (Å²) in [5.41, 5.74) is 1.18. The van der Waals surface area contributed by atoms with Crippen molar-refractivity contribution in [2.75, 3.05) is 13.1 Å². The largest absolute Gasteiger partial charge is 0.313 e. The molecular formula is C11H16ClN3. The van der Waals surface area contributed by atoms with E-state index in [1.165, 1.54) is 18.4 Å². The molecule has 4 heteroatoms. The molecule has 2 rings (SSSR count). The van der Waals surface area contributed by atoms with Gasteiger partial charge in [-0.3, -0.25) is 0 Å². The van der Waals surface area contributed by atoms with Crippen molar-refractivity contribution in [3.8, 4) is 0 Å². The fourth-order valence-corrected chi connectivity index (χ4v) is 1.94. The highest BCUT2D eigenvalue weighted by Crippen LogP contribution is 2.06. The topological polar surface area (TPSA) is 37.0 Å². The molecule has 0 spiro atoms. The normalized spacial score (nSPS) is 20.7. The van der Waals surface area contributed by atoms with Crippen LogP contribution in [0.4, 0.5) is 0 Å². The van der Waals surface area contributed by atoms with Gasteiger partial charge in [0.15, 0.2) is 0 Å². The van der Waals surface area contributed by atoms with Gasteiger partial charge in [0, 0.05) is 25.3 Å². The van der Waals surface area contributed by atoms with Crippen LogP contribution in [0.3, 0.4) is 0 Å². The van der Waals surface area contributed by atoms with Gasteiger partial charge >= 0.3 is 0 Å². The second-order valence-corrected chi connectivity index (χ2v) is 4.30. The van der Waals surface area contributed by atoms with Gasteiger partial charge in [0.2, 0.25) is 0 Å². The first-order chi connectivity index (χ1) is 7.34. The van der Waals surface area contributed by atoms with Crippen molar-refractivity contribution in [2.24, 2.45) is 0 Å². The van der Waals surface area contributed by atoms with E-state index in [-0.39, 0.29) is 0 Å². The molecule has 1 aromatic rings. The summed E-state index contributed by atoms with van der Waals surface area (Å²) in [6, 6.07) is 4.47. The predicted molar refractivity (Wildman–Crippen MR) is 62.0 cm³/mol. The van der Waals surface area contributed by atoms with Gasteiger partial charge in [-0.05, 0) is 31.0 Å². The number of nitrogens with one attached hydrogen (secondary N) is 2. The Morgan fingerprint density at radius 1 is 1.53 bits per heavy atom. The van der Waals surface area contributed by atoms with Crippen LogP contribution in [0.1, 0.15) is 18.4 Å². The highest BCUT2D eigenvalue weighted by atomic mass is 35.5. The second-order valence-electron chi connectivity index (χ2n) is 3.91. The van der Waals surface area contributed by atoms with Gasteiger partial charge in [0.05, 0.1) is 0 Å². The van der Waals surface area contributed by atoms with E-state index in [1.54, 1.807) is 0 Å². The number of aromatic nitrogens is 1. The minimum Gasteiger partial charge on any atom is -0.313 e. The highest BCUT2D eigenvalue weighted by Gasteiger charge is 2.12. The molecule has 0 unspecified atom stereocenters. The van der Waals surface area contributed by atoms with Crippen molar-refractivity contribution in [1.29, 1.82) is 0 Å². The quantitative estimate of drug-likeness (QED) is 0.764. The monoisotopic (exact) mass is 225 g/mol. The molecule has 0 aromatic carbocycles. The van der Waals surface area contributed by atoms with E-state index in [9.17, 15) is 0 Å². The van der Waals surface area contributed by atoms with Crippen molar-refractivity contribution in [1.82, 2.24) is 15.6 Å². The lowest BCUT2D eigenvalue weighted by atomic mass is 10.2. The Kier molecular flexibility index (Phi) is 3.94. The zero-order valence-corrected chi connectivity index (χ0v) is 9.43. The summed E-state index contributed by atoms with van der Waals surface area (Å²) in [6.07, 6.45) is 4.40. The van der Waals surface area contributed by atoms with Crippen LogP contribution in [0.25, 0.3) is 0 Å². The molecule has 2 heterocycles. The molecule has 1 atom stereocenters. The zero-order valence-electron chi connectivity index (χ0n) is 8.67. The summed E-state index contributed by atoms with van der Waals surface area (Å²) in [5.74, 6) is 0. The number of hydrogen-bond acceptors (Lipinski definition) is 3. The van der Waals surface area contributed by atoms with Crippen molar-refractivity contribution in [3.63, 3.8) is 0 Å². The smallest absolute Gasteiger partial charge is 0.129 e. The Labute approximate surface area is 95.2 Å². The lowest BCUT2D eigenvalue weighted by Gasteiger charge is -2.11. The van der Waals surface area contributed by atoms with E-state index in [0.717, 1.165) is 19.6 Å². The molecule has 1 fully saturated rings. The first kappa shape index (κ1) is 10.9. The molecule has 0 bridgehead atoms. The van der Waals surface area contributed by atoms with E-state index in [4.69, 9.17) is 11.6 Å². The molecule has 82 valence electrons. The van der Waals surface area contributed by atoms with Crippen LogP contribution >= 0.6 is 11.6 Å². The van der Waals surface area contributed by atoms with Gasteiger partial charge in [-0.2, -0.15) is 0 Å². The van der Waals surface area contributed by atoms with Crippen LogP contribution in [0.5, 0.6) is 0 Å². The van der Waals surface area contributed by atoms with Crippen molar-refractivity contribution < 1.29 is 0 Å². The molecule has 0 radical (unpaired) electrons. The number of rotatable bonds is 4. The predicted octanol–water partition coefficient (Wildman–Crippen LogP) is 1.58. The Morgan fingerprint density at radius 3 is 3.13 bits per heavy atom. The Bertz CT molecular complexity index is 293. The van der Waals surface area contributed by atoms with E-state index in [2.05, 4.69) is 15.6 Å². The van der Waals surface area contributed by atoms with Crippen LogP contribution < -0.4 is 10.6 Å². The highest BCUT2D eigenvalue weighted by molar-refractivity contribution is 6.29. The van der Waals surface area contributed by atoms with E-state index < -0.39 is 0 Å². The molecular weight excluding hydrogens is 210 g/mol. The maximum atomic E-state index is 5.71. The molecule has 3 nitrogen and oxygen atoms in total. The molecule has 1 aliphatic heterocycles. The molecule has 1 saturated heterocycles. The SMILES string of the molecule is Clc1ccc(CNC[C@H]2CCCN2)cn1. The van der Waals surface area contributed by atoms with Crippen molar-refractivity contribution in [3.05, 3.63) is 29.0 Å². The lowest BCUT2D eigenvalue weighted by Crippen LogP contribution is -2.33. The molecule has 15 heavy (non-hydrogen) atoms. The van der Waals surface area contributed by atoms with E-state index in [1.807, 2.05) is 18.3 Å². The standard InChI is InChI=1S/C11H16ClN3/c12-11-4-3-9(7-15-11)6-13-8-10-2-1-5-14-10/h3-4,7,10,13-14H,1-2,5-6,8H2/t10-/m1/s1. The van der Waals surface area contributed by atoms with Gasteiger partial charge in [0.1, 0.15) is 5.15 Å². The number of pyridine rings is 1. The number of nitrogens with zero attached hydrogens (tertiary/aromatic N) is 1. The third-order valence-corrected chi connectivity index (χ3v) is 2.89. The zero-order chi connectivity index (χ0) is 10.5. The van der Waals surface area contributed by atoms with Crippen LogP contribution in [0, 0.1) is 0 Å². The summed E-state index contributed by atoms with van der Waals surface area (Å²) >= 11 is 5.71. The minimum atomic E-state index is 0.552. The fourth-order valence-electron chi connectivity index (χ4n) is 1.83. The third-order valence-electron chi connectivity index (χ3n) is 2.67. The van der Waals surface area contributed by atoms with Crippen molar-refractivity contribution >= 4 is 11.6 Å². The lowest BCUT2D eigenvalue weighted by molar-refractivity contribution is 0.535. The Balaban J connectivity index is 1.71. The second kappa shape index (κ2) is 5.45. The van der Waals surface area contributed by atoms with E-state index >= 15 is 0 Å². The fraction of sp³-hybridized carbons (Fsp3) is 0.545. The first-order valence-corrected chi connectivity index (χ1v) is 5.77. The van der Waals surface area contributed by atoms with Gasteiger partial charge in [0.25, 0.3) is 0 Å². The Morgan fingerprint density at radius 2 is 2.47 bits per heavy atom. The number of halogens is 1. The molecule has 1 aromatic heterocycles. The first-order valence-electron chi connectivity index (χ1n) is 5.39. The molecule has 2 N–H and O–H groups in total. The van der Waals surface area contributed by atoms with Crippen LogP contribution in [-0.4, -0.2) is 24.1 Å². The maximum absolute atomic E-state index is 5.71. The van der Waals surface area contributed by atoms with Gasteiger partial charge < -0.3 is 10.6 Å². The van der Waals surface area contributed by atoms with Crippen LogP contribution in [-0.2, 0) is 6.54 Å². The minimum absolute atomic E-state index is 0.552. The van der Waals surface area contributed by atoms with Crippen LogP contribution in [0.2, 0.25) is 5.15 Å². The van der Waals surface area contributed by atoms with E-state index in [0.29, 0.717) is 11.2 Å². The molecule has 1 aliphatic rings. The Hall–Kier alpha value is -0.640. The van der Waals surface area contributed by atoms with Gasteiger partial charge in [-0.1, -0.05) is 17.7 Å². The number of hydrogen-bond donors (Lipinski definition) is 2. The summed E-state index contributed by atoms with van der Waals surface area (Å²) in [5, 5.41) is 7.42.